The van der Waals surface area contributed by atoms with Gasteiger partial charge in [0.25, 0.3) is 5.91 Å². The Morgan fingerprint density at radius 2 is 2.13 bits per heavy atom. The Bertz CT molecular complexity index is 1070. The number of ether oxygens (including phenoxy) is 1. The summed E-state index contributed by atoms with van der Waals surface area (Å²) < 4.78 is 7.98. The van der Waals surface area contributed by atoms with Crippen LogP contribution in [-0.4, -0.2) is 57.4 Å². The van der Waals surface area contributed by atoms with Gasteiger partial charge in [-0.15, -0.1) is 11.3 Å². The summed E-state index contributed by atoms with van der Waals surface area (Å²) in [4.78, 5) is 24.0. The Morgan fingerprint density at radius 3 is 3.00 bits per heavy atom. The first-order chi connectivity index (χ1) is 15.2. The van der Waals surface area contributed by atoms with E-state index in [9.17, 15) is 4.79 Å². The van der Waals surface area contributed by atoms with Gasteiger partial charge in [0, 0.05) is 43.8 Å². The minimum absolute atomic E-state index is 0.114. The Morgan fingerprint density at radius 1 is 1.26 bits per heavy atom. The number of aromatic nitrogens is 2. The lowest BCUT2D eigenvalue weighted by Gasteiger charge is -2.31. The van der Waals surface area contributed by atoms with E-state index >= 15 is 0 Å². The van der Waals surface area contributed by atoms with E-state index in [0.29, 0.717) is 23.8 Å². The van der Waals surface area contributed by atoms with Gasteiger partial charge in [-0.05, 0) is 44.7 Å². The van der Waals surface area contributed by atoms with Crippen LogP contribution in [0, 0.1) is 12.8 Å². The van der Waals surface area contributed by atoms with Crippen molar-refractivity contribution in [2.75, 3.05) is 26.2 Å². The third kappa shape index (κ3) is 3.85. The number of fused-ring (bicyclic) bond motifs is 2. The highest BCUT2D eigenvalue weighted by Crippen LogP contribution is 2.33. The van der Waals surface area contributed by atoms with Gasteiger partial charge < -0.3 is 9.64 Å². The van der Waals surface area contributed by atoms with Gasteiger partial charge in [-0.1, -0.05) is 18.6 Å². The van der Waals surface area contributed by atoms with E-state index in [0.717, 1.165) is 43.3 Å². The van der Waals surface area contributed by atoms with Crippen molar-refractivity contribution in [2.45, 2.75) is 45.7 Å². The van der Waals surface area contributed by atoms with Gasteiger partial charge in [0.1, 0.15) is 5.75 Å². The Hall–Kier alpha value is -2.38. The lowest BCUT2D eigenvalue weighted by molar-refractivity contribution is 0.0659. The molecule has 0 unspecified atom stereocenters. The van der Waals surface area contributed by atoms with Gasteiger partial charge in [0.05, 0.1) is 23.6 Å². The molecule has 0 N–H and O–H groups in total. The fourth-order valence-corrected chi connectivity index (χ4v) is 6.01. The summed E-state index contributed by atoms with van der Waals surface area (Å²) in [6.45, 7) is 8.29. The summed E-state index contributed by atoms with van der Waals surface area (Å²) in [6.07, 6.45) is 5.57. The second-order valence-electron chi connectivity index (χ2n) is 8.64. The van der Waals surface area contributed by atoms with Gasteiger partial charge >= 0.3 is 0 Å². The molecule has 2 atom stereocenters. The number of carbonyl (C=O) groups excluding carboxylic acids is 1. The first kappa shape index (κ1) is 20.5. The number of hydrogen-bond donors (Lipinski definition) is 0. The minimum atomic E-state index is 0.114. The molecule has 31 heavy (non-hydrogen) atoms. The number of hydrogen-bond acceptors (Lipinski definition) is 5. The molecule has 0 saturated carbocycles. The molecule has 2 aromatic heterocycles. The first-order valence-electron chi connectivity index (χ1n) is 11.3. The highest BCUT2D eigenvalue weighted by molar-refractivity contribution is 7.15. The number of imidazole rings is 1. The van der Waals surface area contributed by atoms with Crippen molar-refractivity contribution >= 4 is 22.2 Å². The molecule has 2 saturated heterocycles. The predicted molar refractivity (Wildman–Crippen MR) is 123 cm³/mol. The van der Waals surface area contributed by atoms with E-state index in [1.54, 1.807) is 11.3 Å². The van der Waals surface area contributed by atoms with E-state index in [1.807, 2.05) is 31.2 Å². The van der Waals surface area contributed by atoms with Crippen LogP contribution in [0.25, 0.3) is 4.96 Å². The molecule has 1 amide bonds. The molecule has 7 heteroatoms. The van der Waals surface area contributed by atoms with E-state index in [2.05, 4.69) is 32.7 Å². The van der Waals surface area contributed by atoms with Gasteiger partial charge in [-0.2, -0.15) is 0 Å². The molecular weight excluding hydrogens is 408 g/mol. The molecule has 164 valence electrons. The molecule has 0 spiro atoms. The third-order valence-electron chi connectivity index (χ3n) is 6.72. The van der Waals surface area contributed by atoms with Gasteiger partial charge in [-0.3, -0.25) is 14.1 Å². The van der Waals surface area contributed by atoms with Crippen LogP contribution >= 0.6 is 11.3 Å². The highest BCUT2D eigenvalue weighted by atomic mass is 32.1. The average Bonchev–Trinajstić information content (AvgIpc) is 3.42. The van der Waals surface area contributed by atoms with Crippen LogP contribution < -0.4 is 4.74 Å². The second-order valence-corrected chi connectivity index (χ2v) is 9.52. The van der Waals surface area contributed by atoms with Gasteiger partial charge in [0.15, 0.2) is 4.96 Å². The number of nitrogens with zero attached hydrogens (tertiary/aromatic N) is 4. The summed E-state index contributed by atoms with van der Waals surface area (Å²) in [5, 5.41) is 2.09. The van der Waals surface area contributed by atoms with Crippen LogP contribution in [-0.2, 0) is 6.54 Å². The molecular formula is C24H30N4O2S. The zero-order chi connectivity index (χ0) is 21.4. The van der Waals surface area contributed by atoms with Crippen LogP contribution in [0.2, 0.25) is 0 Å². The number of carbonyl (C=O) groups is 1. The van der Waals surface area contributed by atoms with Crippen LogP contribution in [0.5, 0.6) is 5.75 Å². The smallest absolute Gasteiger partial charge is 0.257 e. The molecule has 2 aliphatic rings. The Balaban J connectivity index is 1.38. The SMILES string of the molecule is CCOc1ccccc1C(=O)N1CCCC[C@H]2CN(Cc3c(C)nc4sccn34)C[C@H]21. The van der Waals surface area contributed by atoms with Crippen molar-refractivity contribution in [3.05, 3.63) is 52.8 Å². The van der Waals surface area contributed by atoms with Crippen molar-refractivity contribution < 1.29 is 9.53 Å². The molecule has 3 aromatic rings. The number of aryl methyl sites for hydroxylation is 1. The molecule has 1 aromatic carbocycles. The first-order valence-corrected chi connectivity index (χ1v) is 12.2. The van der Waals surface area contributed by atoms with Gasteiger partial charge in [0.2, 0.25) is 0 Å². The van der Waals surface area contributed by atoms with Crippen molar-refractivity contribution in [1.82, 2.24) is 19.2 Å². The number of likely N-dealkylation sites (tertiary alicyclic amines) is 2. The monoisotopic (exact) mass is 438 g/mol. The fourth-order valence-electron chi connectivity index (χ4n) is 5.24. The number of amides is 1. The van der Waals surface area contributed by atoms with E-state index in [1.165, 1.54) is 18.5 Å². The summed E-state index contributed by atoms with van der Waals surface area (Å²) in [7, 11) is 0. The summed E-state index contributed by atoms with van der Waals surface area (Å²) in [6, 6.07) is 7.93. The van der Waals surface area contributed by atoms with Crippen molar-refractivity contribution in [1.29, 1.82) is 0 Å². The maximum absolute atomic E-state index is 13.6. The summed E-state index contributed by atoms with van der Waals surface area (Å²) >= 11 is 1.68. The molecule has 0 bridgehead atoms. The van der Waals surface area contributed by atoms with Crippen LogP contribution in [0.1, 0.15) is 47.9 Å². The van der Waals surface area contributed by atoms with E-state index in [4.69, 9.17) is 9.72 Å². The normalized spacial score (nSPS) is 21.9. The topological polar surface area (TPSA) is 50.1 Å². The van der Waals surface area contributed by atoms with Crippen molar-refractivity contribution in [2.24, 2.45) is 5.92 Å². The van der Waals surface area contributed by atoms with E-state index in [-0.39, 0.29) is 11.9 Å². The quantitative estimate of drug-likeness (QED) is 0.598. The average molecular weight is 439 g/mol. The van der Waals surface area contributed by atoms with Crippen molar-refractivity contribution in [3.63, 3.8) is 0 Å². The maximum Gasteiger partial charge on any atom is 0.257 e. The molecule has 4 heterocycles. The summed E-state index contributed by atoms with van der Waals surface area (Å²) in [5.41, 5.74) is 3.07. The lowest BCUT2D eigenvalue weighted by atomic mass is 9.98. The standard InChI is InChI=1S/C24H30N4O2S/c1-3-30-22-10-5-4-9-19(22)23(29)27-11-7-6-8-18-14-26(16-21(18)27)15-20-17(2)25-24-28(20)12-13-31-24/h4-5,9-10,12-13,18,21H,3,6-8,11,14-16H2,1-2H3/t18-,21+/m0/s1. The second kappa shape index (κ2) is 8.63. The lowest BCUT2D eigenvalue weighted by Crippen LogP contribution is -2.44. The molecule has 2 aliphatic heterocycles. The molecule has 5 rings (SSSR count). The number of para-hydroxylation sites is 1. The number of benzene rings is 1. The van der Waals surface area contributed by atoms with E-state index < -0.39 is 0 Å². The number of rotatable bonds is 5. The van der Waals surface area contributed by atoms with Gasteiger partial charge in [-0.25, -0.2) is 4.98 Å². The van der Waals surface area contributed by atoms with Crippen LogP contribution in [0.15, 0.2) is 35.8 Å². The Labute approximate surface area is 187 Å². The zero-order valence-electron chi connectivity index (χ0n) is 18.3. The predicted octanol–water partition coefficient (Wildman–Crippen LogP) is 4.23. The van der Waals surface area contributed by atoms with Crippen molar-refractivity contribution in [3.8, 4) is 5.75 Å². The molecule has 0 aliphatic carbocycles. The minimum Gasteiger partial charge on any atom is -0.493 e. The third-order valence-corrected chi connectivity index (χ3v) is 7.48. The Kier molecular flexibility index (Phi) is 5.71. The molecule has 0 radical (unpaired) electrons. The van der Waals surface area contributed by atoms with Crippen LogP contribution in [0.3, 0.4) is 0 Å². The number of thiazole rings is 1. The maximum atomic E-state index is 13.6. The van der Waals surface area contributed by atoms with Crippen LogP contribution in [0.4, 0.5) is 0 Å². The molecule has 2 fully saturated rings. The fraction of sp³-hybridized carbons (Fsp3) is 0.500. The molecule has 6 nitrogen and oxygen atoms in total. The highest BCUT2D eigenvalue weighted by Gasteiger charge is 2.40. The summed E-state index contributed by atoms with van der Waals surface area (Å²) in [5.74, 6) is 1.33. The largest absolute Gasteiger partial charge is 0.493 e. The zero-order valence-corrected chi connectivity index (χ0v) is 19.1.